The van der Waals surface area contributed by atoms with Crippen LogP contribution in [-0.4, -0.2) is 12.6 Å². The van der Waals surface area contributed by atoms with Crippen LogP contribution in [0.3, 0.4) is 0 Å². The molecule has 1 aliphatic rings. The zero-order valence-electron chi connectivity index (χ0n) is 19.1. The third kappa shape index (κ3) is 6.77. The molecule has 1 fully saturated rings. The zero-order valence-corrected chi connectivity index (χ0v) is 19.1. The molecule has 0 N–H and O–H groups in total. The third-order valence-electron chi connectivity index (χ3n) is 6.31. The van der Waals surface area contributed by atoms with E-state index >= 15 is 0 Å². The maximum absolute atomic E-state index is 14.0. The molecule has 1 aliphatic carbocycles. The molecule has 1 saturated carbocycles. The number of carbonyl (C=O) groups excluding carboxylic acids is 1. The Labute approximate surface area is 194 Å². The van der Waals surface area contributed by atoms with Crippen LogP contribution in [0.2, 0.25) is 0 Å². The second kappa shape index (κ2) is 12.3. The van der Waals surface area contributed by atoms with E-state index in [4.69, 9.17) is 14.7 Å². The minimum atomic E-state index is -1.31. The summed E-state index contributed by atoms with van der Waals surface area (Å²) >= 11 is 0. The van der Waals surface area contributed by atoms with E-state index in [1.807, 2.05) is 12.1 Å². The number of carbonyl (C=O) groups is 1. The van der Waals surface area contributed by atoms with Crippen LogP contribution in [0.5, 0.6) is 11.5 Å². The van der Waals surface area contributed by atoms with Crippen LogP contribution in [0.15, 0.2) is 36.4 Å². The maximum Gasteiger partial charge on any atom is 0.314 e. The quantitative estimate of drug-likeness (QED) is 0.218. The van der Waals surface area contributed by atoms with Crippen LogP contribution in [0.25, 0.3) is 0 Å². The molecule has 0 spiro atoms. The molecule has 33 heavy (non-hydrogen) atoms. The third-order valence-corrected chi connectivity index (χ3v) is 6.31. The highest BCUT2D eigenvalue weighted by Gasteiger charge is 2.29. The fraction of sp³-hybridized carbons (Fsp3) is 0.481. The number of ether oxygens (including phenoxy) is 2. The van der Waals surface area contributed by atoms with Crippen molar-refractivity contribution >= 4 is 5.97 Å². The standard InChI is InChI=1S/C27H31F2NO3/c1-2-3-4-5-6-17-32-23-14-11-20(12-15-23)19-7-9-21(10-8-19)27(31)33-24-16-13-22(18-30)25(28)26(24)29/h11-16,19,21H,2-10,17H2,1H3. The van der Waals surface area contributed by atoms with Crippen molar-refractivity contribution in [2.45, 2.75) is 70.6 Å². The topological polar surface area (TPSA) is 59.3 Å². The van der Waals surface area contributed by atoms with E-state index in [1.165, 1.54) is 31.2 Å². The fourth-order valence-corrected chi connectivity index (χ4v) is 4.28. The summed E-state index contributed by atoms with van der Waals surface area (Å²) in [6.45, 7) is 2.94. The minimum absolute atomic E-state index is 0.348. The second-order valence-electron chi connectivity index (χ2n) is 8.65. The van der Waals surface area contributed by atoms with Gasteiger partial charge in [0.2, 0.25) is 5.82 Å². The fourth-order valence-electron chi connectivity index (χ4n) is 4.28. The van der Waals surface area contributed by atoms with Crippen molar-refractivity contribution in [2.24, 2.45) is 5.92 Å². The maximum atomic E-state index is 14.0. The lowest BCUT2D eigenvalue weighted by molar-refractivity contribution is -0.140. The SMILES string of the molecule is CCCCCCCOc1ccc(C2CCC(C(=O)Oc3ccc(C#N)c(F)c3F)CC2)cc1. The van der Waals surface area contributed by atoms with Crippen LogP contribution in [0.1, 0.15) is 81.8 Å². The summed E-state index contributed by atoms with van der Waals surface area (Å²) in [5, 5.41) is 8.76. The van der Waals surface area contributed by atoms with Gasteiger partial charge in [0, 0.05) is 0 Å². The first-order chi connectivity index (χ1) is 16.0. The van der Waals surface area contributed by atoms with E-state index in [0.717, 1.165) is 43.8 Å². The van der Waals surface area contributed by atoms with Crippen molar-refractivity contribution < 1.29 is 23.0 Å². The Bertz CT molecular complexity index is 961. The first-order valence-electron chi connectivity index (χ1n) is 11.9. The summed E-state index contributed by atoms with van der Waals surface area (Å²) < 4.78 is 38.7. The van der Waals surface area contributed by atoms with E-state index in [9.17, 15) is 13.6 Å². The molecule has 4 nitrogen and oxygen atoms in total. The van der Waals surface area contributed by atoms with E-state index in [2.05, 4.69) is 19.1 Å². The highest BCUT2D eigenvalue weighted by Crippen LogP contribution is 2.37. The van der Waals surface area contributed by atoms with Crippen molar-refractivity contribution in [1.82, 2.24) is 0 Å². The van der Waals surface area contributed by atoms with Gasteiger partial charge in [-0.1, -0.05) is 44.7 Å². The van der Waals surface area contributed by atoms with E-state index < -0.39 is 28.9 Å². The zero-order chi connectivity index (χ0) is 23.6. The molecular formula is C27H31F2NO3. The van der Waals surface area contributed by atoms with Crippen LogP contribution in [0, 0.1) is 28.9 Å². The number of unbranched alkanes of at least 4 members (excludes halogenated alkanes) is 4. The molecule has 0 radical (unpaired) electrons. The molecule has 0 aliphatic heterocycles. The van der Waals surface area contributed by atoms with E-state index in [-0.39, 0.29) is 5.92 Å². The van der Waals surface area contributed by atoms with Gasteiger partial charge in [0.15, 0.2) is 11.6 Å². The van der Waals surface area contributed by atoms with Gasteiger partial charge in [0.25, 0.3) is 0 Å². The van der Waals surface area contributed by atoms with Crippen molar-refractivity contribution in [3.05, 3.63) is 59.2 Å². The largest absolute Gasteiger partial charge is 0.494 e. The van der Waals surface area contributed by atoms with Gasteiger partial charge in [-0.05, 0) is 67.9 Å². The minimum Gasteiger partial charge on any atom is -0.494 e. The molecule has 0 heterocycles. The summed E-state index contributed by atoms with van der Waals surface area (Å²) in [4.78, 5) is 12.5. The van der Waals surface area contributed by atoms with Gasteiger partial charge in [-0.2, -0.15) is 9.65 Å². The normalized spacial score (nSPS) is 17.9. The van der Waals surface area contributed by atoms with Gasteiger partial charge in [0.05, 0.1) is 18.1 Å². The molecule has 0 aromatic heterocycles. The van der Waals surface area contributed by atoms with Crippen LogP contribution >= 0.6 is 0 Å². The number of halogens is 2. The molecule has 0 saturated heterocycles. The Balaban J connectivity index is 1.45. The molecule has 0 unspecified atom stereocenters. The first kappa shape index (κ1) is 24.7. The second-order valence-corrected chi connectivity index (χ2v) is 8.65. The molecule has 2 aromatic carbocycles. The lowest BCUT2D eigenvalue weighted by atomic mass is 9.79. The van der Waals surface area contributed by atoms with Crippen LogP contribution in [0.4, 0.5) is 8.78 Å². The van der Waals surface area contributed by atoms with Crippen molar-refractivity contribution in [1.29, 1.82) is 5.26 Å². The molecule has 0 amide bonds. The summed E-state index contributed by atoms with van der Waals surface area (Å²) in [5.74, 6) is -2.76. The summed E-state index contributed by atoms with van der Waals surface area (Å²) in [7, 11) is 0. The lowest BCUT2D eigenvalue weighted by Crippen LogP contribution is -2.25. The molecule has 2 aromatic rings. The van der Waals surface area contributed by atoms with Gasteiger partial charge in [-0.15, -0.1) is 0 Å². The van der Waals surface area contributed by atoms with Crippen molar-refractivity contribution in [3.8, 4) is 17.6 Å². The highest BCUT2D eigenvalue weighted by molar-refractivity contribution is 5.75. The van der Waals surface area contributed by atoms with E-state index in [1.54, 1.807) is 6.07 Å². The molecule has 3 rings (SSSR count). The number of rotatable bonds is 10. The summed E-state index contributed by atoms with van der Waals surface area (Å²) in [6.07, 6.45) is 8.93. The Morgan fingerprint density at radius 3 is 2.33 bits per heavy atom. The monoisotopic (exact) mass is 455 g/mol. The lowest BCUT2D eigenvalue weighted by Gasteiger charge is -2.27. The Hall–Kier alpha value is -2.94. The van der Waals surface area contributed by atoms with Crippen LogP contribution in [-0.2, 0) is 4.79 Å². The number of benzene rings is 2. The number of nitriles is 1. The van der Waals surface area contributed by atoms with Gasteiger partial charge < -0.3 is 9.47 Å². The molecule has 6 heteroatoms. The van der Waals surface area contributed by atoms with Crippen molar-refractivity contribution in [3.63, 3.8) is 0 Å². The number of hydrogen-bond acceptors (Lipinski definition) is 4. The van der Waals surface area contributed by atoms with Gasteiger partial charge >= 0.3 is 5.97 Å². The Morgan fingerprint density at radius 2 is 1.67 bits per heavy atom. The first-order valence-corrected chi connectivity index (χ1v) is 11.9. The van der Waals surface area contributed by atoms with Crippen LogP contribution < -0.4 is 9.47 Å². The summed E-state index contributed by atoms with van der Waals surface area (Å²) in [5.41, 5.74) is 0.800. The molecular weight excluding hydrogens is 424 g/mol. The number of nitrogens with zero attached hydrogens (tertiary/aromatic N) is 1. The van der Waals surface area contributed by atoms with Gasteiger partial charge in [0.1, 0.15) is 11.8 Å². The Kier molecular flexibility index (Phi) is 9.24. The van der Waals surface area contributed by atoms with Gasteiger partial charge in [-0.3, -0.25) is 4.79 Å². The summed E-state index contributed by atoms with van der Waals surface area (Å²) in [6, 6.07) is 12.0. The predicted octanol–water partition coefficient (Wildman–Crippen LogP) is 7.07. The average Bonchev–Trinajstić information content (AvgIpc) is 2.85. The smallest absolute Gasteiger partial charge is 0.314 e. The highest BCUT2D eigenvalue weighted by atomic mass is 19.2. The number of esters is 1. The number of hydrogen-bond donors (Lipinski definition) is 0. The van der Waals surface area contributed by atoms with E-state index in [0.29, 0.717) is 18.8 Å². The molecule has 0 bridgehead atoms. The molecule has 0 atom stereocenters. The Morgan fingerprint density at radius 1 is 0.970 bits per heavy atom. The predicted molar refractivity (Wildman–Crippen MR) is 122 cm³/mol. The van der Waals surface area contributed by atoms with Gasteiger partial charge in [-0.25, -0.2) is 4.39 Å². The van der Waals surface area contributed by atoms with Crippen molar-refractivity contribution in [2.75, 3.05) is 6.61 Å². The molecule has 176 valence electrons. The average molecular weight is 456 g/mol.